The number of benzene rings is 1. The molecule has 0 bridgehead atoms. The number of anilines is 1. The summed E-state index contributed by atoms with van der Waals surface area (Å²) in [6, 6.07) is 7.10. The van der Waals surface area contributed by atoms with Crippen molar-refractivity contribution < 1.29 is 19.1 Å². The molecule has 0 aromatic heterocycles. The number of ether oxygens (including phenoxy) is 1. The Hall–Kier alpha value is -2.57. The van der Waals surface area contributed by atoms with Gasteiger partial charge in [-0.1, -0.05) is 0 Å². The second kappa shape index (κ2) is 8.33. The number of hydrogen-bond acceptors (Lipinski definition) is 4. The minimum Gasteiger partial charge on any atom is -0.494 e. The molecule has 7 nitrogen and oxygen atoms in total. The van der Waals surface area contributed by atoms with Gasteiger partial charge in [-0.3, -0.25) is 14.4 Å². The number of carbonyl (C=O) groups is 3. The van der Waals surface area contributed by atoms with Gasteiger partial charge >= 0.3 is 0 Å². The molecule has 1 saturated heterocycles. The van der Waals surface area contributed by atoms with Gasteiger partial charge in [0, 0.05) is 38.8 Å². The van der Waals surface area contributed by atoms with Crippen LogP contribution in [-0.4, -0.2) is 67.4 Å². The fraction of sp³-hybridized carbons (Fsp3) is 0.471. The minimum atomic E-state index is -0.195. The second-order valence-corrected chi connectivity index (χ2v) is 5.55. The van der Waals surface area contributed by atoms with Crippen LogP contribution in [0.2, 0.25) is 0 Å². The lowest BCUT2D eigenvalue weighted by Crippen LogP contribution is -2.51. The fourth-order valence-corrected chi connectivity index (χ4v) is 2.59. The summed E-state index contributed by atoms with van der Waals surface area (Å²) in [5.74, 6) is 0.407. The topological polar surface area (TPSA) is 70.2 Å². The summed E-state index contributed by atoms with van der Waals surface area (Å²) in [6.45, 7) is 5.94. The Morgan fingerprint density at radius 1 is 1.17 bits per heavy atom. The van der Waals surface area contributed by atoms with Crippen molar-refractivity contribution in [2.24, 2.45) is 0 Å². The summed E-state index contributed by atoms with van der Waals surface area (Å²) in [5.41, 5.74) is 0.658. The van der Waals surface area contributed by atoms with Crippen molar-refractivity contribution in [1.82, 2.24) is 9.80 Å². The zero-order valence-electron chi connectivity index (χ0n) is 14.1. The molecule has 1 fully saturated rings. The van der Waals surface area contributed by atoms with Crippen LogP contribution in [0.1, 0.15) is 13.8 Å². The first-order valence-electron chi connectivity index (χ1n) is 8.03. The van der Waals surface area contributed by atoms with Gasteiger partial charge in [0.15, 0.2) is 0 Å². The van der Waals surface area contributed by atoms with Crippen molar-refractivity contribution in [1.29, 1.82) is 0 Å². The van der Waals surface area contributed by atoms with Crippen LogP contribution >= 0.6 is 0 Å². The first kappa shape index (κ1) is 17.8. The maximum absolute atomic E-state index is 12.5. The molecule has 24 heavy (non-hydrogen) atoms. The molecule has 1 aliphatic heterocycles. The lowest BCUT2D eigenvalue weighted by atomic mass is 10.2. The Morgan fingerprint density at radius 2 is 1.79 bits per heavy atom. The van der Waals surface area contributed by atoms with Crippen LogP contribution in [0.15, 0.2) is 24.3 Å². The summed E-state index contributed by atoms with van der Waals surface area (Å²) in [6.07, 6.45) is 0.795. The molecule has 2 rings (SSSR count). The number of piperazine rings is 1. The van der Waals surface area contributed by atoms with Crippen molar-refractivity contribution in [3.05, 3.63) is 24.3 Å². The Morgan fingerprint density at radius 3 is 2.29 bits per heavy atom. The molecule has 1 aromatic rings. The molecule has 0 radical (unpaired) electrons. The maximum Gasteiger partial charge on any atom is 0.242 e. The Kier molecular flexibility index (Phi) is 6.17. The van der Waals surface area contributed by atoms with Gasteiger partial charge in [-0.05, 0) is 31.2 Å². The molecule has 0 unspecified atom stereocenters. The van der Waals surface area contributed by atoms with Gasteiger partial charge in [-0.2, -0.15) is 0 Å². The molecule has 0 spiro atoms. The molecule has 0 aliphatic carbocycles. The van der Waals surface area contributed by atoms with E-state index in [2.05, 4.69) is 0 Å². The van der Waals surface area contributed by atoms with E-state index >= 15 is 0 Å². The van der Waals surface area contributed by atoms with E-state index in [0.717, 1.165) is 12.2 Å². The normalized spacial score (nSPS) is 14.2. The minimum absolute atomic E-state index is 0.00952. The molecular formula is C17H23N3O4. The van der Waals surface area contributed by atoms with E-state index in [9.17, 15) is 14.4 Å². The SMILES string of the molecule is CCOc1ccc(N(CC(=O)N2CCN(C=O)CC2)C(C)=O)cc1. The number of nitrogens with zero attached hydrogens (tertiary/aromatic N) is 3. The molecule has 3 amide bonds. The van der Waals surface area contributed by atoms with Gasteiger partial charge in [0.05, 0.1) is 6.61 Å². The predicted octanol–water partition coefficient (Wildman–Crippen LogP) is 0.739. The maximum atomic E-state index is 12.5. The zero-order valence-corrected chi connectivity index (χ0v) is 14.1. The Labute approximate surface area is 141 Å². The van der Waals surface area contributed by atoms with E-state index in [1.54, 1.807) is 34.1 Å². The third-order valence-electron chi connectivity index (χ3n) is 3.95. The fourth-order valence-electron chi connectivity index (χ4n) is 2.59. The molecule has 7 heteroatoms. The molecule has 0 N–H and O–H groups in total. The van der Waals surface area contributed by atoms with Crippen LogP contribution in [-0.2, 0) is 14.4 Å². The van der Waals surface area contributed by atoms with Gasteiger partial charge < -0.3 is 19.4 Å². The van der Waals surface area contributed by atoms with Crippen LogP contribution in [0.3, 0.4) is 0 Å². The van der Waals surface area contributed by atoms with Crippen molar-refractivity contribution in [2.45, 2.75) is 13.8 Å². The number of carbonyl (C=O) groups excluding carboxylic acids is 3. The van der Waals surface area contributed by atoms with Gasteiger partial charge in [-0.15, -0.1) is 0 Å². The molecule has 1 aromatic carbocycles. The summed E-state index contributed by atoms with van der Waals surface area (Å²) >= 11 is 0. The van der Waals surface area contributed by atoms with E-state index < -0.39 is 0 Å². The third kappa shape index (κ3) is 4.47. The number of hydrogen-bond donors (Lipinski definition) is 0. The smallest absolute Gasteiger partial charge is 0.242 e. The average Bonchev–Trinajstić information content (AvgIpc) is 2.60. The molecule has 1 aliphatic rings. The summed E-state index contributed by atoms with van der Waals surface area (Å²) in [4.78, 5) is 39.9. The number of amides is 3. The standard InChI is InChI=1S/C17H23N3O4/c1-3-24-16-6-4-15(5-7-16)20(14(2)22)12-17(23)19-10-8-18(13-21)9-11-19/h4-7,13H,3,8-12H2,1-2H3. The first-order valence-corrected chi connectivity index (χ1v) is 8.03. The largest absolute Gasteiger partial charge is 0.494 e. The van der Waals surface area contributed by atoms with E-state index in [-0.39, 0.29) is 18.4 Å². The highest BCUT2D eigenvalue weighted by Crippen LogP contribution is 2.20. The number of rotatable bonds is 6. The molecule has 130 valence electrons. The second-order valence-electron chi connectivity index (χ2n) is 5.55. The van der Waals surface area contributed by atoms with Gasteiger partial charge in [0.2, 0.25) is 18.2 Å². The van der Waals surface area contributed by atoms with E-state index in [4.69, 9.17) is 4.74 Å². The highest BCUT2D eigenvalue weighted by Gasteiger charge is 2.23. The average molecular weight is 333 g/mol. The first-order chi connectivity index (χ1) is 11.5. The monoisotopic (exact) mass is 333 g/mol. The van der Waals surface area contributed by atoms with Gasteiger partial charge in [0.25, 0.3) is 0 Å². The van der Waals surface area contributed by atoms with E-state index in [0.29, 0.717) is 38.5 Å². The predicted molar refractivity (Wildman–Crippen MR) is 89.9 cm³/mol. The van der Waals surface area contributed by atoms with Crippen molar-refractivity contribution in [2.75, 3.05) is 44.2 Å². The van der Waals surface area contributed by atoms with E-state index in [1.807, 2.05) is 6.92 Å². The Bertz CT molecular complexity index is 580. The van der Waals surface area contributed by atoms with Crippen molar-refractivity contribution in [3.63, 3.8) is 0 Å². The molecular weight excluding hydrogens is 310 g/mol. The highest BCUT2D eigenvalue weighted by molar-refractivity contribution is 5.97. The quantitative estimate of drug-likeness (QED) is 0.720. The van der Waals surface area contributed by atoms with Crippen LogP contribution in [0.4, 0.5) is 5.69 Å². The summed E-state index contributed by atoms with van der Waals surface area (Å²) < 4.78 is 5.39. The molecule has 0 saturated carbocycles. The van der Waals surface area contributed by atoms with Crippen LogP contribution in [0.25, 0.3) is 0 Å². The zero-order chi connectivity index (χ0) is 17.5. The van der Waals surface area contributed by atoms with Crippen LogP contribution in [0, 0.1) is 0 Å². The summed E-state index contributed by atoms with van der Waals surface area (Å²) in [7, 11) is 0. The van der Waals surface area contributed by atoms with E-state index in [1.165, 1.54) is 11.8 Å². The Balaban J connectivity index is 2.01. The van der Waals surface area contributed by atoms with Crippen LogP contribution < -0.4 is 9.64 Å². The van der Waals surface area contributed by atoms with Gasteiger partial charge in [-0.25, -0.2) is 0 Å². The van der Waals surface area contributed by atoms with Gasteiger partial charge in [0.1, 0.15) is 12.3 Å². The third-order valence-corrected chi connectivity index (χ3v) is 3.95. The highest BCUT2D eigenvalue weighted by atomic mass is 16.5. The van der Waals surface area contributed by atoms with Crippen molar-refractivity contribution in [3.8, 4) is 5.75 Å². The molecule has 1 heterocycles. The van der Waals surface area contributed by atoms with Crippen molar-refractivity contribution >= 4 is 23.9 Å². The summed E-state index contributed by atoms with van der Waals surface area (Å²) in [5, 5.41) is 0. The molecule has 0 atom stereocenters. The van der Waals surface area contributed by atoms with Crippen LogP contribution in [0.5, 0.6) is 5.75 Å². The lowest BCUT2D eigenvalue weighted by Gasteiger charge is -2.34. The lowest BCUT2D eigenvalue weighted by molar-refractivity contribution is -0.134.